The van der Waals surface area contributed by atoms with Crippen molar-refractivity contribution in [1.82, 2.24) is 5.32 Å². The average Bonchev–Trinajstić information content (AvgIpc) is 2.94. The van der Waals surface area contributed by atoms with Crippen LogP contribution < -0.4 is 10.1 Å². The smallest absolute Gasteiger partial charge is 0.231 e. The maximum absolute atomic E-state index is 12.0. The van der Waals surface area contributed by atoms with Crippen molar-refractivity contribution >= 4 is 17.7 Å². The Bertz CT molecular complexity index is 519. The summed E-state index contributed by atoms with van der Waals surface area (Å²) in [4.78, 5) is 13.0. The Balaban J connectivity index is 1.87. The van der Waals surface area contributed by atoms with E-state index in [4.69, 9.17) is 4.74 Å². The predicted octanol–water partition coefficient (Wildman–Crippen LogP) is 2.74. The second kappa shape index (κ2) is 6.67. The Labute approximate surface area is 123 Å². The molecule has 1 aliphatic rings. The summed E-state index contributed by atoms with van der Waals surface area (Å²) >= 11 is 1.45. The number of thioether (sulfide) groups is 1. The van der Waals surface area contributed by atoms with Crippen LogP contribution in [0.4, 0.5) is 0 Å². The van der Waals surface area contributed by atoms with Crippen molar-refractivity contribution in [3.63, 3.8) is 0 Å². The highest BCUT2D eigenvalue weighted by Gasteiger charge is 2.35. The third-order valence-corrected chi connectivity index (χ3v) is 4.45. The van der Waals surface area contributed by atoms with E-state index in [2.05, 4.69) is 11.4 Å². The van der Waals surface area contributed by atoms with Gasteiger partial charge in [-0.2, -0.15) is 5.26 Å². The zero-order valence-electron chi connectivity index (χ0n) is 11.5. The zero-order valence-corrected chi connectivity index (χ0v) is 12.3. The second-order valence-corrected chi connectivity index (χ2v) is 5.97. The molecule has 2 rings (SSSR count). The van der Waals surface area contributed by atoms with Gasteiger partial charge in [0.15, 0.2) is 0 Å². The van der Waals surface area contributed by atoms with Gasteiger partial charge in [0.25, 0.3) is 0 Å². The first kappa shape index (κ1) is 14.7. The molecule has 0 spiro atoms. The topological polar surface area (TPSA) is 62.1 Å². The first-order valence-electron chi connectivity index (χ1n) is 6.66. The van der Waals surface area contributed by atoms with E-state index < -0.39 is 5.54 Å². The molecule has 4 nitrogen and oxygen atoms in total. The molecule has 1 N–H and O–H groups in total. The van der Waals surface area contributed by atoms with Gasteiger partial charge in [-0.15, -0.1) is 11.8 Å². The highest BCUT2D eigenvalue weighted by atomic mass is 32.2. The number of hydrogen-bond acceptors (Lipinski definition) is 4. The van der Waals surface area contributed by atoms with E-state index in [0.29, 0.717) is 5.75 Å². The van der Waals surface area contributed by atoms with Gasteiger partial charge < -0.3 is 10.1 Å². The lowest BCUT2D eigenvalue weighted by Crippen LogP contribution is -2.45. The number of nitrogens with zero attached hydrogens (tertiary/aromatic N) is 1. The van der Waals surface area contributed by atoms with E-state index in [1.54, 1.807) is 7.11 Å². The van der Waals surface area contributed by atoms with Gasteiger partial charge in [-0.05, 0) is 43.9 Å². The number of hydrogen-bond donors (Lipinski definition) is 1. The zero-order chi connectivity index (χ0) is 14.4. The normalized spacial score (nSPS) is 16.4. The molecule has 0 radical (unpaired) electrons. The third kappa shape index (κ3) is 3.67. The molecule has 1 fully saturated rings. The molecule has 1 saturated carbocycles. The highest BCUT2D eigenvalue weighted by Crippen LogP contribution is 2.29. The van der Waals surface area contributed by atoms with Crippen LogP contribution in [0.5, 0.6) is 5.75 Å². The first-order valence-corrected chi connectivity index (χ1v) is 7.65. The molecule has 1 aliphatic carbocycles. The molecule has 0 aromatic heterocycles. The van der Waals surface area contributed by atoms with Crippen LogP contribution >= 0.6 is 11.8 Å². The van der Waals surface area contributed by atoms with Crippen molar-refractivity contribution in [3.8, 4) is 11.8 Å². The van der Waals surface area contributed by atoms with Gasteiger partial charge in [0, 0.05) is 4.90 Å². The molecule has 1 amide bonds. The molecule has 106 valence electrons. The lowest BCUT2D eigenvalue weighted by Gasteiger charge is -2.21. The Kier molecular flexibility index (Phi) is 4.91. The van der Waals surface area contributed by atoms with Gasteiger partial charge in [0.05, 0.1) is 18.9 Å². The highest BCUT2D eigenvalue weighted by molar-refractivity contribution is 8.00. The number of rotatable bonds is 5. The molecule has 0 saturated heterocycles. The van der Waals surface area contributed by atoms with Crippen LogP contribution in [0, 0.1) is 11.3 Å². The van der Waals surface area contributed by atoms with Crippen molar-refractivity contribution in [2.75, 3.05) is 12.9 Å². The fraction of sp³-hybridized carbons (Fsp3) is 0.467. The van der Waals surface area contributed by atoms with E-state index in [-0.39, 0.29) is 5.91 Å². The molecule has 1 aromatic carbocycles. The van der Waals surface area contributed by atoms with E-state index in [0.717, 1.165) is 36.3 Å². The van der Waals surface area contributed by atoms with Gasteiger partial charge in [0.1, 0.15) is 11.3 Å². The summed E-state index contributed by atoms with van der Waals surface area (Å²) in [5.74, 6) is 1.01. The van der Waals surface area contributed by atoms with Crippen LogP contribution in [0.15, 0.2) is 29.2 Å². The lowest BCUT2D eigenvalue weighted by atomic mass is 10.0. The maximum atomic E-state index is 12.0. The molecule has 0 heterocycles. The monoisotopic (exact) mass is 290 g/mol. The SMILES string of the molecule is COc1cccc(SCC(=O)NC2(C#N)CCCC2)c1. The van der Waals surface area contributed by atoms with Gasteiger partial charge in [-0.3, -0.25) is 4.79 Å². The molecule has 0 atom stereocenters. The number of amides is 1. The van der Waals surface area contributed by atoms with E-state index in [9.17, 15) is 10.1 Å². The minimum absolute atomic E-state index is 0.0822. The molecular weight excluding hydrogens is 272 g/mol. The molecule has 5 heteroatoms. The van der Waals surface area contributed by atoms with E-state index in [1.807, 2.05) is 24.3 Å². The average molecular weight is 290 g/mol. The summed E-state index contributed by atoms with van der Waals surface area (Å²) in [6.07, 6.45) is 3.55. The van der Waals surface area contributed by atoms with Crippen LogP contribution in [-0.2, 0) is 4.79 Å². The standard InChI is InChI=1S/C15H18N2O2S/c1-19-12-5-4-6-13(9-12)20-10-14(18)17-15(11-16)7-2-3-8-15/h4-6,9H,2-3,7-8,10H2,1H3,(H,17,18). The molecule has 1 aromatic rings. The maximum Gasteiger partial charge on any atom is 0.231 e. The second-order valence-electron chi connectivity index (χ2n) is 4.92. The molecular formula is C15H18N2O2S. The molecule has 0 bridgehead atoms. The molecule has 0 unspecified atom stereocenters. The minimum Gasteiger partial charge on any atom is -0.497 e. The fourth-order valence-corrected chi connectivity index (χ4v) is 3.13. The summed E-state index contributed by atoms with van der Waals surface area (Å²) in [6, 6.07) is 9.86. The van der Waals surface area contributed by atoms with Crippen LogP contribution in [0.1, 0.15) is 25.7 Å². The lowest BCUT2D eigenvalue weighted by molar-refractivity contribution is -0.119. The van der Waals surface area contributed by atoms with Crippen LogP contribution in [0.3, 0.4) is 0 Å². The number of carbonyl (C=O) groups excluding carboxylic acids is 1. The van der Waals surface area contributed by atoms with Gasteiger partial charge in [-0.25, -0.2) is 0 Å². The van der Waals surface area contributed by atoms with E-state index >= 15 is 0 Å². The largest absolute Gasteiger partial charge is 0.497 e. The minimum atomic E-state index is -0.633. The number of benzene rings is 1. The third-order valence-electron chi connectivity index (χ3n) is 3.46. The van der Waals surface area contributed by atoms with Crippen molar-refractivity contribution < 1.29 is 9.53 Å². The molecule has 20 heavy (non-hydrogen) atoms. The number of methoxy groups -OCH3 is 1. The summed E-state index contributed by atoms with van der Waals surface area (Å²) in [5, 5.41) is 12.1. The van der Waals surface area contributed by atoms with Crippen molar-refractivity contribution in [1.29, 1.82) is 5.26 Å². The first-order chi connectivity index (χ1) is 9.67. The number of nitrogens with one attached hydrogen (secondary N) is 1. The fourth-order valence-electron chi connectivity index (χ4n) is 2.39. The summed E-state index contributed by atoms with van der Waals surface area (Å²) in [7, 11) is 1.62. The number of carbonyl (C=O) groups is 1. The van der Waals surface area contributed by atoms with Crippen LogP contribution in [-0.4, -0.2) is 24.3 Å². The van der Waals surface area contributed by atoms with Crippen LogP contribution in [0.2, 0.25) is 0 Å². The Morgan fingerprint density at radius 1 is 1.50 bits per heavy atom. The van der Waals surface area contributed by atoms with Gasteiger partial charge in [-0.1, -0.05) is 6.07 Å². The van der Waals surface area contributed by atoms with Crippen molar-refractivity contribution in [2.24, 2.45) is 0 Å². The predicted molar refractivity (Wildman–Crippen MR) is 78.7 cm³/mol. The van der Waals surface area contributed by atoms with Crippen molar-refractivity contribution in [2.45, 2.75) is 36.1 Å². The van der Waals surface area contributed by atoms with Crippen LogP contribution in [0.25, 0.3) is 0 Å². The van der Waals surface area contributed by atoms with Crippen molar-refractivity contribution in [3.05, 3.63) is 24.3 Å². The van der Waals surface area contributed by atoms with Gasteiger partial charge in [0.2, 0.25) is 5.91 Å². The number of nitriles is 1. The van der Waals surface area contributed by atoms with E-state index in [1.165, 1.54) is 11.8 Å². The summed E-state index contributed by atoms with van der Waals surface area (Å²) in [6.45, 7) is 0. The quantitative estimate of drug-likeness (QED) is 0.847. The Morgan fingerprint density at radius 3 is 2.90 bits per heavy atom. The summed E-state index contributed by atoms with van der Waals surface area (Å²) < 4.78 is 5.15. The van der Waals surface area contributed by atoms with Gasteiger partial charge >= 0.3 is 0 Å². The molecule has 0 aliphatic heterocycles. The summed E-state index contributed by atoms with van der Waals surface area (Å²) in [5.41, 5.74) is -0.633. The number of ether oxygens (including phenoxy) is 1. The Morgan fingerprint density at radius 2 is 2.25 bits per heavy atom. The Hall–Kier alpha value is -1.67.